The van der Waals surface area contributed by atoms with E-state index in [1.54, 1.807) is 30.5 Å². The first-order valence-electron chi connectivity index (χ1n) is 5.36. The van der Waals surface area contributed by atoms with Crippen molar-refractivity contribution in [3.63, 3.8) is 0 Å². The number of carbonyl (C=O) groups is 1. The number of hydrazine groups is 1. The Hall–Kier alpha value is -2.47. The van der Waals surface area contributed by atoms with Crippen LogP contribution >= 0.6 is 0 Å². The molecule has 0 unspecified atom stereocenters. The summed E-state index contributed by atoms with van der Waals surface area (Å²) in [5, 5.41) is 2.75. The van der Waals surface area contributed by atoms with Crippen molar-refractivity contribution in [2.45, 2.75) is 6.92 Å². The Balaban J connectivity index is 2.19. The molecule has 0 aliphatic carbocycles. The molecule has 92 valence electrons. The predicted octanol–water partition coefficient (Wildman–Crippen LogP) is 1.32. The molecule has 2 heterocycles. The van der Waals surface area contributed by atoms with Crippen LogP contribution in [0.15, 0.2) is 36.7 Å². The molecule has 0 spiro atoms. The summed E-state index contributed by atoms with van der Waals surface area (Å²) in [7, 11) is 0. The van der Waals surface area contributed by atoms with E-state index >= 15 is 0 Å². The van der Waals surface area contributed by atoms with Gasteiger partial charge in [0.2, 0.25) is 0 Å². The Labute approximate surface area is 104 Å². The number of nitrogens with two attached hydrogens (primary N) is 1. The number of hydrogen-bond donors (Lipinski definition) is 3. The van der Waals surface area contributed by atoms with E-state index in [4.69, 9.17) is 5.84 Å². The van der Waals surface area contributed by atoms with E-state index in [0.717, 1.165) is 5.69 Å². The lowest BCUT2D eigenvalue weighted by Crippen LogP contribution is -2.16. The zero-order valence-corrected chi connectivity index (χ0v) is 9.84. The van der Waals surface area contributed by atoms with Gasteiger partial charge in [-0.05, 0) is 31.2 Å². The van der Waals surface area contributed by atoms with Crippen molar-refractivity contribution in [2.75, 3.05) is 10.7 Å². The third kappa shape index (κ3) is 2.61. The van der Waals surface area contributed by atoms with Gasteiger partial charge in [-0.25, -0.2) is 0 Å². The Kier molecular flexibility index (Phi) is 3.49. The van der Waals surface area contributed by atoms with Crippen LogP contribution in [0.2, 0.25) is 0 Å². The molecule has 0 atom stereocenters. The van der Waals surface area contributed by atoms with Crippen molar-refractivity contribution >= 4 is 17.3 Å². The topological polar surface area (TPSA) is 92.9 Å². The third-order valence-corrected chi connectivity index (χ3v) is 2.41. The number of anilines is 2. The second-order valence-corrected chi connectivity index (χ2v) is 3.66. The molecule has 0 fully saturated rings. The molecule has 0 bridgehead atoms. The van der Waals surface area contributed by atoms with Crippen molar-refractivity contribution in [1.29, 1.82) is 0 Å². The van der Waals surface area contributed by atoms with Gasteiger partial charge in [0, 0.05) is 12.4 Å². The van der Waals surface area contributed by atoms with Crippen LogP contribution in [0.25, 0.3) is 0 Å². The largest absolute Gasteiger partial charge is 0.324 e. The molecule has 0 radical (unpaired) electrons. The summed E-state index contributed by atoms with van der Waals surface area (Å²) in [4.78, 5) is 20.0. The number of pyridine rings is 2. The van der Waals surface area contributed by atoms with E-state index in [0.29, 0.717) is 11.4 Å². The Morgan fingerprint density at radius 2 is 2.11 bits per heavy atom. The molecule has 0 aliphatic rings. The normalized spacial score (nSPS) is 9.89. The van der Waals surface area contributed by atoms with Crippen molar-refractivity contribution < 1.29 is 4.79 Å². The number of nitrogen functional groups attached to an aromatic ring is 1. The summed E-state index contributed by atoms with van der Waals surface area (Å²) in [5.41, 5.74) is 4.79. The SMILES string of the molecule is Cc1ncccc1NC(=O)c1cc(NN)ccn1. The minimum absolute atomic E-state index is 0.286. The van der Waals surface area contributed by atoms with E-state index in [1.807, 2.05) is 6.92 Å². The predicted molar refractivity (Wildman–Crippen MR) is 69.0 cm³/mol. The summed E-state index contributed by atoms with van der Waals surface area (Å²) in [5.74, 6) is 4.97. The maximum Gasteiger partial charge on any atom is 0.274 e. The second-order valence-electron chi connectivity index (χ2n) is 3.66. The van der Waals surface area contributed by atoms with E-state index in [-0.39, 0.29) is 11.6 Å². The molecule has 0 saturated carbocycles. The quantitative estimate of drug-likeness (QED) is 0.558. The third-order valence-electron chi connectivity index (χ3n) is 2.41. The zero-order valence-electron chi connectivity index (χ0n) is 9.84. The molecule has 4 N–H and O–H groups in total. The number of nitrogens with zero attached hydrogens (tertiary/aromatic N) is 2. The molecular weight excluding hydrogens is 230 g/mol. The van der Waals surface area contributed by atoms with Gasteiger partial charge >= 0.3 is 0 Å². The molecule has 0 aliphatic heterocycles. The highest BCUT2D eigenvalue weighted by molar-refractivity contribution is 6.03. The van der Waals surface area contributed by atoms with E-state index in [1.165, 1.54) is 6.20 Å². The molecule has 0 saturated heterocycles. The lowest BCUT2D eigenvalue weighted by atomic mass is 10.2. The van der Waals surface area contributed by atoms with E-state index in [9.17, 15) is 4.79 Å². The standard InChI is InChI=1S/C12H13N5O/c1-8-10(3-2-5-14-8)16-12(18)11-7-9(17-13)4-6-15-11/h2-7H,13H2,1H3,(H,15,17)(H,16,18). The molecule has 18 heavy (non-hydrogen) atoms. The summed E-state index contributed by atoms with van der Waals surface area (Å²) < 4.78 is 0. The number of amides is 1. The molecule has 2 aromatic heterocycles. The summed E-state index contributed by atoms with van der Waals surface area (Å²) in [6.07, 6.45) is 3.18. The number of aromatic nitrogens is 2. The maximum absolute atomic E-state index is 12.0. The molecule has 6 nitrogen and oxygen atoms in total. The molecular formula is C12H13N5O. The van der Waals surface area contributed by atoms with Gasteiger partial charge in [-0.1, -0.05) is 0 Å². The van der Waals surface area contributed by atoms with Gasteiger partial charge in [0.25, 0.3) is 5.91 Å². The monoisotopic (exact) mass is 243 g/mol. The summed E-state index contributed by atoms with van der Waals surface area (Å²) in [6, 6.07) is 6.78. The first-order chi connectivity index (χ1) is 8.70. The molecule has 2 rings (SSSR count). The van der Waals surface area contributed by atoms with Crippen LogP contribution in [0.4, 0.5) is 11.4 Å². The minimum Gasteiger partial charge on any atom is -0.324 e. The van der Waals surface area contributed by atoms with Crippen LogP contribution in [-0.4, -0.2) is 15.9 Å². The van der Waals surface area contributed by atoms with Crippen LogP contribution in [0.3, 0.4) is 0 Å². The van der Waals surface area contributed by atoms with Crippen LogP contribution < -0.4 is 16.6 Å². The van der Waals surface area contributed by atoms with Crippen molar-refractivity contribution in [3.05, 3.63) is 48.0 Å². The molecule has 6 heteroatoms. The van der Waals surface area contributed by atoms with Gasteiger partial charge in [0.15, 0.2) is 0 Å². The highest BCUT2D eigenvalue weighted by atomic mass is 16.1. The lowest BCUT2D eigenvalue weighted by Gasteiger charge is -2.07. The Bertz CT molecular complexity index is 570. The fourth-order valence-corrected chi connectivity index (χ4v) is 1.45. The Morgan fingerprint density at radius 1 is 1.28 bits per heavy atom. The van der Waals surface area contributed by atoms with Crippen molar-refractivity contribution in [2.24, 2.45) is 5.84 Å². The number of hydrogen-bond acceptors (Lipinski definition) is 5. The van der Waals surface area contributed by atoms with Crippen LogP contribution in [-0.2, 0) is 0 Å². The van der Waals surface area contributed by atoms with Gasteiger partial charge in [-0.3, -0.25) is 20.6 Å². The first kappa shape index (κ1) is 12.0. The molecule has 2 aromatic rings. The van der Waals surface area contributed by atoms with Crippen LogP contribution in [0.1, 0.15) is 16.2 Å². The average molecular weight is 243 g/mol. The minimum atomic E-state index is -0.303. The number of aryl methyl sites for hydroxylation is 1. The van der Waals surface area contributed by atoms with Crippen molar-refractivity contribution in [1.82, 2.24) is 9.97 Å². The van der Waals surface area contributed by atoms with Gasteiger partial charge in [0.1, 0.15) is 5.69 Å². The van der Waals surface area contributed by atoms with Crippen LogP contribution in [0.5, 0.6) is 0 Å². The molecule has 1 amide bonds. The summed E-state index contributed by atoms with van der Waals surface area (Å²) in [6.45, 7) is 1.82. The van der Waals surface area contributed by atoms with Crippen LogP contribution in [0, 0.1) is 6.92 Å². The average Bonchev–Trinajstić information content (AvgIpc) is 2.41. The zero-order chi connectivity index (χ0) is 13.0. The van der Waals surface area contributed by atoms with Gasteiger partial charge in [-0.2, -0.15) is 0 Å². The number of carbonyl (C=O) groups excluding carboxylic acids is 1. The van der Waals surface area contributed by atoms with Gasteiger partial charge < -0.3 is 10.7 Å². The van der Waals surface area contributed by atoms with Crippen molar-refractivity contribution in [3.8, 4) is 0 Å². The second kappa shape index (κ2) is 5.24. The molecule has 0 aromatic carbocycles. The highest BCUT2D eigenvalue weighted by Gasteiger charge is 2.09. The fourth-order valence-electron chi connectivity index (χ4n) is 1.45. The smallest absolute Gasteiger partial charge is 0.274 e. The van der Waals surface area contributed by atoms with Gasteiger partial charge in [-0.15, -0.1) is 0 Å². The number of rotatable bonds is 3. The van der Waals surface area contributed by atoms with Gasteiger partial charge in [0.05, 0.1) is 17.1 Å². The first-order valence-corrected chi connectivity index (χ1v) is 5.36. The summed E-state index contributed by atoms with van der Waals surface area (Å²) >= 11 is 0. The van der Waals surface area contributed by atoms with E-state index < -0.39 is 0 Å². The Morgan fingerprint density at radius 3 is 2.83 bits per heavy atom. The lowest BCUT2D eigenvalue weighted by molar-refractivity contribution is 0.102. The highest BCUT2D eigenvalue weighted by Crippen LogP contribution is 2.13. The fraction of sp³-hybridized carbons (Fsp3) is 0.0833. The van der Waals surface area contributed by atoms with E-state index in [2.05, 4.69) is 20.7 Å². The maximum atomic E-state index is 12.0. The number of nitrogens with one attached hydrogen (secondary N) is 2.